The highest BCUT2D eigenvalue weighted by atomic mass is 19.4. The van der Waals surface area contributed by atoms with Gasteiger partial charge in [0.05, 0.1) is 5.41 Å². The molecule has 0 spiro atoms. The van der Waals surface area contributed by atoms with Gasteiger partial charge in [0.1, 0.15) is 0 Å². The van der Waals surface area contributed by atoms with Crippen LogP contribution in [-0.4, -0.2) is 70.3 Å². The lowest BCUT2D eigenvalue weighted by Crippen LogP contribution is -2.45. The van der Waals surface area contributed by atoms with E-state index in [1.807, 2.05) is 0 Å². The van der Waals surface area contributed by atoms with Crippen LogP contribution in [0.15, 0.2) is 35.9 Å². The quantitative estimate of drug-likeness (QED) is 0.223. The summed E-state index contributed by atoms with van der Waals surface area (Å²) in [7, 11) is 0. The minimum absolute atomic E-state index is 0.454. The molecule has 0 bridgehead atoms. The zero-order valence-corrected chi connectivity index (χ0v) is 23.6. The van der Waals surface area contributed by atoms with Gasteiger partial charge in [-0.1, -0.05) is 48.9 Å². The van der Waals surface area contributed by atoms with Crippen molar-refractivity contribution in [3.8, 4) is 0 Å². The lowest BCUT2D eigenvalue weighted by atomic mass is 9.88. The summed E-state index contributed by atoms with van der Waals surface area (Å²) in [5, 5.41) is 30.9. The number of carbonyl (C=O) groups is 3. The minimum atomic E-state index is -5.08. The first-order valence-corrected chi connectivity index (χ1v) is 13.4. The summed E-state index contributed by atoms with van der Waals surface area (Å²) in [6, 6.07) is 12.3. The molecular formula is C28H38F6N2O6. The summed E-state index contributed by atoms with van der Waals surface area (Å²) < 4.78 is 63.5. The Morgan fingerprint density at radius 2 is 1.29 bits per heavy atom. The maximum Gasteiger partial charge on any atom is 0.490 e. The molecular weight excluding hydrogens is 574 g/mol. The molecule has 2 aliphatic rings. The molecule has 238 valence electrons. The molecule has 0 heterocycles. The maximum atomic E-state index is 11.2. The molecule has 0 aliphatic heterocycles. The van der Waals surface area contributed by atoms with Gasteiger partial charge < -0.3 is 26.0 Å². The monoisotopic (exact) mass is 612 g/mol. The Labute approximate surface area is 240 Å². The fourth-order valence-electron chi connectivity index (χ4n) is 4.27. The van der Waals surface area contributed by atoms with Crippen molar-refractivity contribution < 1.29 is 56.0 Å². The number of halogens is 6. The predicted molar refractivity (Wildman–Crippen MR) is 143 cm³/mol. The van der Waals surface area contributed by atoms with Crippen LogP contribution in [0.25, 0.3) is 6.08 Å². The van der Waals surface area contributed by atoms with E-state index in [4.69, 9.17) is 19.8 Å². The van der Waals surface area contributed by atoms with Crippen LogP contribution in [0.5, 0.6) is 0 Å². The first kappa shape index (κ1) is 36.9. The fraction of sp³-hybridized carbons (Fsp3) is 0.607. The lowest BCUT2D eigenvalue weighted by Gasteiger charge is -2.32. The van der Waals surface area contributed by atoms with Crippen molar-refractivity contribution in [3.63, 3.8) is 0 Å². The van der Waals surface area contributed by atoms with E-state index in [1.54, 1.807) is 19.4 Å². The van der Waals surface area contributed by atoms with Gasteiger partial charge in [-0.25, -0.2) is 9.59 Å². The molecule has 2 saturated carbocycles. The molecule has 0 saturated heterocycles. The Balaban J connectivity index is 0.000000522. The average molecular weight is 613 g/mol. The third kappa shape index (κ3) is 13.7. The molecule has 5 N–H and O–H groups in total. The van der Waals surface area contributed by atoms with Gasteiger partial charge in [0.15, 0.2) is 0 Å². The van der Waals surface area contributed by atoms with Gasteiger partial charge in [0.25, 0.3) is 0 Å². The molecule has 1 aromatic rings. The predicted octanol–water partition coefficient (Wildman–Crippen LogP) is 5.74. The van der Waals surface area contributed by atoms with Gasteiger partial charge in [-0.15, -0.1) is 0 Å². The standard InChI is InChI=1S/C24H36N2O2.2C2HF3O2/c1-4-18(14-17-8-6-5-7-9-17)21-15-22(21)26-20-12-10-19(11-13-20)25-16-24(2,3)23(27)28;2*3-2(4,5)1(6)7/h5-9,14,19-22,25-26H,4,10-13,15-16H2,1-3H3,(H,27,28);2*(H,6,7)/t19?,20?,21-,22+;;/m0../s1. The average Bonchev–Trinajstić information content (AvgIpc) is 3.65. The first-order chi connectivity index (χ1) is 19.3. The molecule has 0 aromatic heterocycles. The van der Waals surface area contributed by atoms with Crippen LogP contribution in [0.1, 0.15) is 64.9 Å². The second-order valence-electron chi connectivity index (χ2n) is 10.8. The van der Waals surface area contributed by atoms with Crippen LogP contribution in [0.2, 0.25) is 0 Å². The van der Waals surface area contributed by atoms with Gasteiger partial charge in [-0.2, -0.15) is 26.3 Å². The molecule has 0 unspecified atom stereocenters. The van der Waals surface area contributed by atoms with E-state index >= 15 is 0 Å². The van der Waals surface area contributed by atoms with E-state index in [-0.39, 0.29) is 0 Å². The summed E-state index contributed by atoms with van der Waals surface area (Å²) in [5.41, 5.74) is 2.17. The lowest BCUT2D eigenvalue weighted by molar-refractivity contribution is -0.193. The molecule has 3 rings (SSSR count). The van der Waals surface area contributed by atoms with Gasteiger partial charge in [0, 0.05) is 24.7 Å². The largest absolute Gasteiger partial charge is 0.490 e. The summed E-state index contributed by atoms with van der Waals surface area (Å²) in [6.45, 7) is 6.38. The van der Waals surface area contributed by atoms with E-state index in [1.165, 1.54) is 24.8 Å². The molecule has 8 nitrogen and oxygen atoms in total. The maximum absolute atomic E-state index is 11.2. The molecule has 2 aliphatic carbocycles. The summed E-state index contributed by atoms with van der Waals surface area (Å²) >= 11 is 0. The van der Waals surface area contributed by atoms with Crippen molar-refractivity contribution in [1.29, 1.82) is 0 Å². The Bertz CT molecular complexity index is 1030. The molecule has 2 atom stereocenters. The Morgan fingerprint density at radius 1 is 0.833 bits per heavy atom. The summed E-state index contributed by atoms with van der Waals surface area (Å²) in [6.07, 6.45) is -0.796. The van der Waals surface area contributed by atoms with Crippen LogP contribution in [0.4, 0.5) is 26.3 Å². The second-order valence-corrected chi connectivity index (χ2v) is 10.8. The minimum Gasteiger partial charge on any atom is -0.481 e. The number of rotatable bonds is 9. The van der Waals surface area contributed by atoms with E-state index in [0.29, 0.717) is 30.6 Å². The third-order valence-electron chi connectivity index (χ3n) is 6.90. The van der Waals surface area contributed by atoms with Gasteiger partial charge in [-0.05, 0) is 63.9 Å². The molecule has 2 fully saturated rings. The number of carboxylic acid groups (broad SMARTS) is 3. The summed E-state index contributed by atoms with van der Waals surface area (Å²) in [5.74, 6) is -5.55. The van der Waals surface area contributed by atoms with Crippen LogP contribution < -0.4 is 10.6 Å². The van der Waals surface area contributed by atoms with Crippen molar-refractivity contribution in [2.75, 3.05) is 6.54 Å². The smallest absolute Gasteiger partial charge is 0.481 e. The van der Waals surface area contributed by atoms with Crippen molar-refractivity contribution >= 4 is 24.0 Å². The highest BCUT2D eigenvalue weighted by Crippen LogP contribution is 2.40. The summed E-state index contributed by atoms with van der Waals surface area (Å²) in [4.78, 5) is 29.0. The van der Waals surface area contributed by atoms with Gasteiger partial charge >= 0.3 is 30.3 Å². The number of carboxylic acids is 3. The van der Waals surface area contributed by atoms with E-state index in [0.717, 1.165) is 19.3 Å². The zero-order valence-electron chi connectivity index (χ0n) is 23.6. The number of hydrogen-bond donors (Lipinski definition) is 5. The SMILES string of the molecule is CCC(=Cc1ccccc1)[C@@H]1C[C@H]1NC1CCC(NCC(C)(C)C(=O)O)CC1.O=C(O)C(F)(F)F.O=C(O)C(F)(F)F. The number of nitrogens with one attached hydrogen (secondary N) is 2. The van der Waals surface area contributed by atoms with E-state index < -0.39 is 35.7 Å². The Morgan fingerprint density at radius 3 is 1.69 bits per heavy atom. The molecule has 42 heavy (non-hydrogen) atoms. The van der Waals surface area contributed by atoms with Crippen molar-refractivity contribution in [3.05, 3.63) is 41.5 Å². The van der Waals surface area contributed by atoms with Crippen LogP contribution >= 0.6 is 0 Å². The van der Waals surface area contributed by atoms with E-state index in [2.05, 4.69) is 54.0 Å². The highest BCUT2D eigenvalue weighted by molar-refractivity contribution is 5.74. The molecule has 0 radical (unpaired) electrons. The van der Waals surface area contributed by atoms with Crippen LogP contribution in [-0.2, 0) is 14.4 Å². The topological polar surface area (TPSA) is 136 Å². The first-order valence-electron chi connectivity index (χ1n) is 13.4. The molecule has 14 heteroatoms. The Kier molecular flexibility index (Phi) is 14.0. The van der Waals surface area contributed by atoms with E-state index in [9.17, 15) is 36.2 Å². The van der Waals surface area contributed by atoms with Gasteiger partial charge in [-0.3, -0.25) is 4.79 Å². The van der Waals surface area contributed by atoms with Crippen LogP contribution in [0.3, 0.4) is 0 Å². The molecule has 1 aromatic carbocycles. The number of hydrogen-bond acceptors (Lipinski definition) is 5. The number of alkyl halides is 6. The Hall–Kier alpha value is -3.13. The fourth-order valence-corrected chi connectivity index (χ4v) is 4.27. The number of aliphatic carboxylic acids is 3. The highest BCUT2D eigenvalue weighted by Gasteiger charge is 2.41. The van der Waals surface area contributed by atoms with Crippen molar-refractivity contribution in [1.82, 2.24) is 10.6 Å². The second kappa shape index (κ2) is 15.9. The van der Waals surface area contributed by atoms with Crippen LogP contribution in [0, 0.1) is 11.3 Å². The zero-order chi connectivity index (χ0) is 32.3. The van der Waals surface area contributed by atoms with Gasteiger partial charge in [0.2, 0.25) is 0 Å². The molecule has 0 amide bonds. The normalized spacial score (nSPS) is 22.5. The van der Waals surface area contributed by atoms with Crippen molar-refractivity contribution in [2.24, 2.45) is 11.3 Å². The number of benzene rings is 1. The third-order valence-corrected chi connectivity index (χ3v) is 6.90. The van der Waals surface area contributed by atoms with Crippen molar-refractivity contribution in [2.45, 2.75) is 89.8 Å².